The van der Waals surface area contributed by atoms with Crippen LogP contribution in [0.3, 0.4) is 0 Å². The van der Waals surface area contributed by atoms with Gasteiger partial charge in [-0.3, -0.25) is 4.79 Å². The lowest BCUT2D eigenvalue weighted by atomic mass is 9.91. The molecule has 2 aromatic heterocycles. The molecule has 0 saturated carbocycles. The van der Waals surface area contributed by atoms with E-state index in [2.05, 4.69) is 15.6 Å². The summed E-state index contributed by atoms with van der Waals surface area (Å²) in [6.07, 6.45) is 1.40. The molecule has 3 N–H and O–H groups in total. The highest BCUT2D eigenvalue weighted by molar-refractivity contribution is 5.92. The van der Waals surface area contributed by atoms with E-state index in [1.807, 2.05) is 73.8 Å². The minimum atomic E-state index is -1.30. The Balaban J connectivity index is 1.33. The van der Waals surface area contributed by atoms with Crippen LogP contribution >= 0.6 is 0 Å². The maximum absolute atomic E-state index is 13.7. The predicted molar refractivity (Wildman–Crippen MR) is 149 cm³/mol. The van der Waals surface area contributed by atoms with Crippen molar-refractivity contribution in [1.82, 2.24) is 15.6 Å². The van der Waals surface area contributed by atoms with Gasteiger partial charge in [-0.1, -0.05) is 48.5 Å². The second-order valence-corrected chi connectivity index (χ2v) is 9.79. The second kappa shape index (κ2) is 10.9. The summed E-state index contributed by atoms with van der Waals surface area (Å²) in [4.78, 5) is 29.9. The molecule has 0 aliphatic rings. The Kier molecular flexibility index (Phi) is 7.27. The Morgan fingerprint density at radius 2 is 1.79 bits per heavy atom. The number of hydrogen-bond donors (Lipinski definition) is 3. The molecule has 0 unspecified atom stereocenters. The number of amides is 2. The molecule has 5 rings (SSSR count). The molecule has 8 heteroatoms. The first-order valence-electron chi connectivity index (χ1n) is 12.8. The summed E-state index contributed by atoms with van der Waals surface area (Å²) in [6.45, 7) is 3.53. The van der Waals surface area contributed by atoms with Crippen LogP contribution in [0, 0.1) is 0 Å². The fourth-order valence-electron chi connectivity index (χ4n) is 4.69. The lowest BCUT2D eigenvalue weighted by Gasteiger charge is -2.30. The Hall–Kier alpha value is -4.72. The van der Waals surface area contributed by atoms with Gasteiger partial charge in [0.15, 0.2) is 6.61 Å². The first-order valence-corrected chi connectivity index (χ1v) is 12.8. The molecule has 8 nitrogen and oxygen atoms in total. The highest BCUT2D eigenvalue weighted by Crippen LogP contribution is 2.26. The SMILES string of the molecule is COc1ccc2oc(COC(=O)N[C@](C)(Cc3c[nH]c4ccccc34)C(=O)N[C@@H](C)c3ccccc3)cc2c1. The van der Waals surface area contributed by atoms with Gasteiger partial charge in [-0.15, -0.1) is 0 Å². The third-order valence-corrected chi connectivity index (χ3v) is 6.87. The van der Waals surface area contributed by atoms with Crippen LogP contribution in [0.25, 0.3) is 21.9 Å². The molecule has 0 aliphatic heterocycles. The number of para-hydroxylation sites is 1. The molecule has 0 fully saturated rings. The van der Waals surface area contributed by atoms with Crippen molar-refractivity contribution in [1.29, 1.82) is 0 Å². The molecule has 0 aliphatic carbocycles. The Morgan fingerprint density at radius 1 is 1.03 bits per heavy atom. The normalized spacial score (nSPS) is 13.5. The van der Waals surface area contributed by atoms with E-state index in [0.717, 1.165) is 27.4 Å². The lowest BCUT2D eigenvalue weighted by molar-refractivity contribution is -0.127. The van der Waals surface area contributed by atoms with Crippen molar-refractivity contribution in [3.05, 3.63) is 102 Å². The number of carbonyl (C=O) groups is 2. The third kappa shape index (κ3) is 5.75. The maximum Gasteiger partial charge on any atom is 0.408 e. The summed E-state index contributed by atoms with van der Waals surface area (Å²) < 4.78 is 16.5. The average Bonchev–Trinajstić information content (AvgIpc) is 3.55. The Labute approximate surface area is 226 Å². The van der Waals surface area contributed by atoms with Crippen molar-refractivity contribution in [2.24, 2.45) is 0 Å². The third-order valence-electron chi connectivity index (χ3n) is 6.87. The number of benzene rings is 3. The number of rotatable bonds is 9. The number of methoxy groups -OCH3 is 1. The van der Waals surface area contributed by atoms with Crippen LogP contribution in [-0.4, -0.2) is 29.6 Å². The Bertz CT molecular complexity index is 1610. The number of carbonyl (C=O) groups excluding carboxylic acids is 2. The van der Waals surface area contributed by atoms with Crippen LogP contribution in [0.5, 0.6) is 5.75 Å². The molecule has 0 radical (unpaired) electrons. The van der Waals surface area contributed by atoms with E-state index in [-0.39, 0.29) is 25.0 Å². The Morgan fingerprint density at radius 3 is 2.59 bits per heavy atom. The molecule has 5 aromatic rings. The standard InChI is InChI=1S/C31H31N3O5/c1-20(21-9-5-4-6-10-21)33-29(35)31(2,17-23-18-32-27-12-8-7-11-26(23)27)34-30(36)38-19-25-16-22-15-24(37-3)13-14-28(22)39-25/h4-16,18,20,32H,17,19H2,1-3H3,(H,33,35)(H,34,36)/t20-,31+/m0/s1. The van der Waals surface area contributed by atoms with E-state index >= 15 is 0 Å². The molecule has 200 valence electrons. The van der Waals surface area contributed by atoms with Gasteiger partial charge < -0.3 is 29.5 Å². The molecule has 2 atom stereocenters. The van der Waals surface area contributed by atoms with Gasteiger partial charge >= 0.3 is 6.09 Å². The van der Waals surface area contributed by atoms with Crippen molar-refractivity contribution in [2.45, 2.75) is 38.5 Å². The quantitative estimate of drug-likeness (QED) is 0.218. The number of hydrogen-bond acceptors (Lipinski definition) is 5. The van der Waals surface area contributed by atoms with Crippen molar-refractivity contribution >= 4 is 33.9 Å². The van der Waals surface area contributed by atoms with Gasteiger partial charge in [0.2, 0.25) is 5.91 Å². The predicted octanol–water partition coefficient (Wildman–Crippen LogP) is 6.03. The second-order valence-electron chi connectivity index (χ2n) is 9.79. The number of ether oxygens (including phenoxy) is 2. The van der Waals surface area contributed by atoms with Gasteiger partial charge in [0.25, 0.3) is 0 Å². The summed E-state index contributed by atoms with van der Waals surface area (Å²) in [7, 11) is 1.60. The van der Waals surface area contributed by atoms with Crippen molar-refractivity contribution in [3.8, 4) is 5.75 Å². The fraction of sp³-hybridized carbons (Fsp3) is 0.226. The van der Waals surface area contributed by atoms with Gasteiger partial charge in [-0.05, 0) is 55.3 Å². The zero-order valence-corrected chi connectivity index (χ0v) is 22.1. The molecule has 2 amide bonds. The van der Waals surface area contributed by atoms with Crippen molar-refractivity contribution in [3.63, 3.8) is 0 Å². The van der Waals surface area contributed by atoms with Gasteiger partial charge in [0.1, 0.15) is 22.6 Å². The van der Waals surface area contributed by atoms with Gasteiger partial charge in [-0.25, -0.2) is 4.79 Å². The van der Waals surface area contributed by atoms with Crippen LogP contribution in [0.4, 0.5) is 4.79 Å². The van der Waals surface area contributed by atoms with Crippen LogP contribution in [0.15, 0.2) is 89.5 Å². The number of H-pyrrole nitrogens is 1. The van der Waals surface area contributed by atoms with Gasteiger partial charge in [0.05, 0.1) is 13.2 Å². The summed E-state index contributed by atoms with van der Waals surface area (Å²) in [5.41, 5.74) is 2.18. The number of furan rings is 1. The van der Waals surface area contributed by atoms with E-state index in [1.165, 1.54) is 0 Å². The summed E-state index contributed by atoms with van der Waals surface area (Å²) >= 11 is 0. The van der Waals surface area contributed by atoms with E-state index in [4.69, 9.17) is 13.9 Å². The van der Waals surface area contributed by atoms with Crippen molar-refractivity contribution < 1.29 is 23.5 Å². The van der Waals surface area contributed by atoms with E-state index < -0.39 is 11.6 Å². The fourth-order valence-corrected chi connectivity index (χ4v) is 4.69. The monoisotopic (exact) mass is 525 g/mol. The smallest absolute Gasteiger partial charge is 0.408 e. The highest BCUT2D eigenvalue weighted by Gasteiger charge is 2.37. The topological polar surface area (TPSA) is 106 Å². The highest BCUT2D eigenvalue weighted by atomic mass is 16.6. The zero-order valence-electron chi connectivity index (χ0n) is 22.1. The molecule has 39 heavy (non-hydrogen) atoms. The molecule has 0 saturated heterocycles. The summed E-state index contributed by atoms with van der Waals surface area (Å²) in [5.74, 6) is 0.864. The number of nitrogens with one attached hydrogen (secondary N) is 3. The van der Waals surface area contributed by atoms with Crippen LogP contribution < -0.4 is 15.4 Å². The molecule has 0 spiro atoms. The van der Waals surface area contributed by atoms with Crippen molar-refractivity contribution in [2.75, 3.05) is 7.11 Å². The summed E-state index contributed by atoms with van der Waals surface area (Å²) in [5, 5.41) is 7.71. The van der Waals surface area contributed by atoms with E-state index in [1.54, 1.807) is 32.2 Å². The molecular formula is C31H31N3O5. The molecule has 3 aromatic carbocycles. The largest absolute Gasteiger partial charge is 0.497 e. The van der Waals surface area contributed by atoms with E-state index in [9.17, 15) is 9.59 Å². The number of fused-ring (bicyclic) bond motifs is 2. The average molecular weight is 526 g/mol. The zero-order chi connectivity index (χ0) is 27.4. The van der Waals surface area contributed by atoms with Crippen LogP contribution in [-0.2, 0) is 22.6 Å². The molecular weight excluding hydrogens is 494 g/mol. The minimum Gasteiger partial charge on any atom is -0.497 e. The van der Waals surface area contributed by atoms with E-state index in [0.29, 0.717) is 17.1 Å². The lowest BCUT2D eigenvalue weighted by Crippen LogP contribution is -2.58. The first-order chi connectivity index (χ1) is 18.8. The number of aromatic amines is 1. The van der Waals surface area contributed by atoms with Crippen LogP contribution in [0.1, 0.15) is 36.8 Å². The number of aromatic nitrogens is 1. The molecule has 2 heterocycles. The summed E-state index contributed by atoms with van der Waals surface area (Å²) in [6, 6.07) is 24.5. The number of alkyl carbamates (subject to hydrolysis) is 1. The first kappa shape index (κ1) is 25.9. The van der Waals surface area contributed by atoms with Gasteiger partial charge in [0, 0.05) is 28.9 Å². The minimum absolute atomic E-state index is 0.0893. The maximum atomic E-state index is 13.7. The molecule has 0 bridgehead atoms. The van der Waals surface area contributed by atoms with Crippen LogP contribution in [0.2, 0.25) is 0 Å². The van der Waals surface area contributed by atoms with Gasteiger partial charge in [-0.2, -0.15) is 0 Å².